The molecule has 4 nitrogen and oxygen atoms in total. The van der Waals surface area contributed by atoms with Gasteiger partial charge in [0.1, 0.15) is 5.82 Å². The summed E-state index contributed by atoms with van der Waals surface area (Å²) in [6, 6.07) is 10.1. The zero-order valence-electron chi connectivity index (χ0n) is 10.2. The Morgan fingerprint density at radius 1 is 1.10 bits per heavy atom. The molecule has 1 N–H and O–H groups in total. The molecule has 0 saturated heterocycles. The maximum absolute atomic E-state index is 13.3. The molecule has 0 spiro atoms. The summed E-state index contributed by atoms with van der Waals surface area (Å²) < 4.78 is 26.3. The van der Waals surface area contributed by atoms with Gasteiger partial charge >= 0.3 is 0 Å². The Kier molecular flexibility index (Phi) is 2.34. The Labute approximate surface area is 118 Å². The summed E-state index contributed by atoms with van der Waals surface area (Å²) in [7, 11) is 0. The van der Waals surface area contributed by atoms with Gasteiger partial charge in [0.15, 0.2) is 16.3 Å². The molecule has 0 amide bonds. The minimum Gasteiger partial charge on any atom is -0.454 e. The van der Waals surface area contributed by atoms with Crippen LogP contribution in [0.4, 0.5) is 4.39 Å². The lowest BCUT2D eigenvalue weighted by Crippen LogP contribution is -1.94. The molecular formula is C14H9FN2O2S. The zero-order chi connectivity index (χ0) is 13.7. The van der Waals surface area contributed by atoms with Gasteiger partial charge in [0, 0.05) is 6.07 Å². The van der Waals surface area contributed by atoms with E-state index in [1.54, 1.807) is 6.07 Å². The van der Waals surface area contributed by atoms with Crippen molar-refractivity contribution in [3.63, 3.8) is 0 Å². The van der Waals surface area contributed by atoms with E-state index in [-0.39, 0.29) is 12.6 Å². The third-order valence-corrected chi connectivity index (χ3v) is 3.54. The van der Waals surface area contributed by atoms with Crippen molar-refractivity contribution in [2.75, 3.05) is 6.79 Å². The van der Waals surface area contributed by atoms with E-state index in [0.29, 0.717) is 21.8 Å². The second-order valence-corrected chi connectivity index (χ2v) is 4.85. The van der Waals surface area contributed by atoms with E-state index >= 15 is 0 Å². The summed E-state index contributed by atoms with van der Waals surface area (Å²) in [4.78, 5) is 3.00. The minimum atomic E-state index is -0.299. The van der Waals surface area contributed by atoms with Crippen molar-refractivity contribution in [1.29, 1.82) is 0 Å². The van der Waals surface area contributed by atoms with Gasteiger partial charge in [-0.25, -0.2) is 4.39 Å². The Morgan fingerprint density at radius 2 is 1.95 bits per heavy atom. The monoisotopic (exact) mass is 288 g/mol. The van der Waals surface area contributed by atoms with Gasteiger partial charge in [0.25, 0.3) is 0 Å². The molecule has 0 unspecified atom stereocenters. The molecule has 0 fully saturated rings. The van der Waals surface area contributed by atoms with Crippen LogP contribution in [-0.4, -0.2) is 16.3 Å². The molecule has 1 aliphatic heterocycles. The average Bonchev–Trinajstić information content (AvgIpc) is 3.00. The molecule has 1 aliphatic rings. The topological polar surface area (TPSA) is 39.2 Å². The molecule has 6 heteroatoms. The predicted octanol–water partition coefficient (Wildman–Crippen LogP) is 3.56. The number of hydrogen-bond acceptors (Lipinski definition) is 3. The highest BCUT2D eigenvalue weighted by Crippen LogP contribution is 2.34. The number of benzene rings is 2. The van der Waals surface area contributed by atoms with E-state index in [9.17, 15) is 4.39 Å². The van der Waals surface area contributed by atoms with Crippen LogP contribution in [0, 0.1) is 10.6 Å². The van der Waals surface area contributed by atoms with Crippen molar-refractivity contribution < 1.29 is 13.9 Å². The van der Waals surface area contributed by atoms with Crippen LogP contribution < -0.4 is 9.47 Å². The van der Waals surface area contributed by atoms with Crippen molar-refractivity contribution >= 4 is 23.3 Å². The van der Waals surface area contributed by atoms with Crippen LogP contribution in [0.5, 0.6) is 11.5 Å². The highest BCUT2D eigenvalue weighted by atomic mass is 32.1. The summed E-state index contributed by atoms with van der Waals surface area (Å²) in [5, 5.41) is 0. The van der Waals surface area contributed by atoms with Crippen molar-refractivity contribution in [3.05, 3.63) is 47.0 Å². The third kappa shape index (κ3) is 1.61. The molecule has 0 aliphatic carbocycles. The van der Waals surface area contributed by atoms with Crippen molar-refractivity contribution in [2.45, 2.75) is 0 Å². The number of rotatable bonds is 1. The first kappa shape index (κ1) is 11.5. The number of fused-ring (bicyclic) bond motifs is 2. The smallest absolute Gasteiger partial charge is 0.231 e. The lowest BCUT2D eigenvalue weighted by molar-refractivity contribution is 0.174. The van der Waals surface area contributed by atoms with Gasteiger partial charge in [-0.3, -0.25) is 4.57 Å². The second kappa shape index (κ2) is 4.08. The standard InChI is InChI=1S/C14H9FN2O2S/c15-8-1-3-11-10(5-8)16-14(20)17(11)9-2-4-12-13(6-9)19-7-18-12/h1-6H,7H2,(H,16,20). The lowest BCUT2D eigenvalue weighted by atomic mass is 10.2. The molecule has 1 aromatic heterocycles. The number of ether oxygens (including phenoxy) is 2. The van der Waals surface area contributed by atoms with E-state index in [1.807, 2.05) is 22.8 Å². The van der Waals surface area contributed by atoms with Crippen LogP contribution in [0.2, 0.25) is 0 Å². The third-order valence-electron chi connectivity index (χ3n) is 3.26. The number of halogens is 1. The molecule has 0 atom stereocenters. The molecule has 20 heavy (non-hydrogen) atoms. The van der Waals surface area contributed by atoms with E-state index < -0.39 is 0 Å². The van der Waals surface area contributed by atoms with Gasteiger partial charge in [-0.15, -0.1) is 0 Å². The predicted molar refractivity (Wildman–Crippen MR) is 74.5 cm³/mol. The van der Waals surface area contributed by atoms with Crippen LogP contribution in [-0.2, 0) is 0 Å². The van der Waals surface area contributed by atoms with E-state index in [0.717, 1.165) is 11.2 Å². The van der Waals surface area contributed by atoms with Gasteiger partial charge in [-0.2, -0.15) is 0 Å². The highest BCUT2D eigenvalue weighted by molar-refractivity contribution is 7.71. The number of aromatic nitrogens is 2. The van der Waals surface area contributed by atoms with E-state index in [2.05, 4.69) is 4.98 Å². The fourth-order valence-corrected chi connectivity index (χ4v) is 2.68. The first-order chi connectivity index (χ1) is 9.72. The zero-order valence-corrected chi connectivity index (χ0v) is 11.0. The lowest BCUT2D eigenvalue weighted by Gasteiger charge is -2.05. The number of aromatic amines is 1. The molecule has 0 radical (unpaired) electrons. The fourth-order valence-electron chi connectivity index (χ4n) is 2.36. The SMILES string of the molecule is Fc1ccc2c(c1)[nH]c(=S)n2-c1ccc2c(c1)OCO2. The number of nitrogens with zero attached hydrogens (tertiary/aromatic N) is 1. The quantitative estimate of drug-likeness (QED) is 0.696. The normalized spacial score (nSPS) is 13.1. The molecule has 2 aromatic carbocycles. The summed E-state index contributed by atoms with van der Waals surface area (Å²) in [5.74, 6) is 1.10. The molecular weight excluding hydrogens is 279 g/mol. The summed E-state index contributed by atoms with van der Waals surface area (Å²) >= 11 is 5.32. The molecule has 3 aromatic rings. The first-order valence-corrected chi connectivity index (χ1v) is 6.43. The number of nitrogens with one attached hydrogen (secondary N) is 1. The molecule has 0 saturated carbocycles. The Balaban J connectivity index is 1.98. The summed E-state index contributed by atoms with van der Waals surface area (Å²) in [5.41, 5.74) is 2.32. The Bertz CT molecular complexity index is 885. The Morgan fingerprint density at radius 3 is 2.85 bits per heavy atom. The highest BCUT2D eigenvalue weighted by Gasteiger charge is 2.15. The van der Waals surface area contributed by atoms with Crippen LogP contribution in [0.1, 0.15) is 0 Å². The van der Waals surface area contributed by atoms with Gasteiger partial charge < -0.3 is 14.5 Å². The van der Waals surface area contributed by atoms with Crippen LogP contribution in [0.25, 0.3) is 16.7 Å². The molecule has 4 rings (SSSR count). The number of H-pyrrole nitrogens is 1. The summed E-state index contributed by atoms with van der Waals surface area (Å²) in [6.45, 7) is 0.225. The maximum atomic E-state index is 13.3. The minimum absolute atomic E-state index is 0.225. The van der Waals surface area contributed by atoms with Crippen molar-refractivity contribution in [3.8, 4) is 17.2 Å². The van der Waals surface area contributed by atoms with Crippen LogP contribution in [0.15, 0.2) is 36.4 Å². The maximum Gasteiger partial charge on any atom is 0.231 e. The second-order valence-electron chi connectivity index (χ2n) is 4.46. The van der Waals surface area contributed by atoms with Gasteiger partial charge in [0.05, 0.1) is 16.7 Å². The largest absolute Gasteiger partial charge is 0.454 e. The van der Waals surface area contributed by atoms with E-state index in [4.69, 9.17) is 21.7 Å². The average molecular weight is 288 g/mol. The van der Waals surface area contributed by atoms with Gasteiger partial charge in [-0.1, -0.05) is 0 Å². The van der Waals surface area contributed by atoms with Gasteiger partial charge in [0.2, 0.25) is 6.79 Å². The fraction of sp³-hybridized carbons (Fsp3) is 0.0714. The molecule has 2 heterocycles. The van der Waals surface area contributed by atoms with E-state index in [1.165, 1.54) is 12.1 Å². The van der Waals surface area contributed by atoms with Gasteiger partial charge in [-0.05, 0) is 42.5 Å². The van der Waals surface area contributed by atoms with Crippen molar-refractivity contribution in [2.24, 2.45) is 0 Å². The van der Waals surface area contributed by atoms with Crippen LogP contribution in [0.3, 0.4) is 0 Å². The molecule has 100 valence electrons. The Hall–Kier alpha value is -2.34. The number of imidazole rings is 1. The molecule has 0 bridgehead atoms. The van der Waals surface area contributed by atoms with Crippen molar-refractivity contribution in [1.82, 2.24) is 9.55 Å². The number of hydrogen-bond donors (Lipinski definition) is 1. The van der Waals surface area contributed by atoms with Crippen LogP contribution >= 0.6 is 12.2 Å². The first-order valence-electron chi connectivity index (χ1n) is 6.03. The summed E-state index contributed by atoms with van der Waals surface area (Å²) in [6.07, 6.45) is 0.